The molecule has 0 heterocycles. The average molecular weight is 419 g/mol. The summed E-state index contributed by atoms with van der Waals surface area (Å²) in [5.41, 5.74) is 1.43. The molecule has 154 valence electrons. The zero-order valence-corrected chi connectivity index (χ0v) is 16.6. The van der Waals surface area contributed by atoms with Gasteiger partial charge in [-0.05, 0) is 58.3 Å². The molecule has 0 aliphatic heterocycles. The van der Waals surface area contributed by atoms with Gasteiger partial charge >= 0.3 is 0 Å². The molecule has 0 saturated heterocycles. The van der Waals surface area contributed by atoms with E-state index in [4.69, 9.17) is 5.26 Å². The lowest BCUT2D eigenvalue weighted by molar-refractivity contribution is 0.585. The molecular formula is C26H17F4N. The minimum Gasteiger partial charge on any atom is -0.206 e. The van der Waals surface area contributed by atoms with Crippen LogP contribution in [0.5, 0.6) is 0 Å². The fourth-order valence-electron chi connectivity index (χ4n) is 3.76. The lowest BCUT2D eigenvalue weighted by Gasteiger charge is -2.11. The Morgan fingerprint density at radius 2 is 1.39 bits per heavy atom. The van der Waals surface area contributed by atoms with E-state index in [9.17, 15) is 17.6 Å². The summed E-state index contributed by atoms with van der Waals surface area (Å²) >= 11 is 0. The highest BCUT2D eigenvalue weighted by molar-refractivity contribution is 5.89. The van der Waals surface area contributed by atoms with Gasteiger partial charge in [-0.2, -0.15) is 5.26 Å². The summed E-state index contributed by atoms with van der Waals surface area (Å²) in [6.07, 6.45) is 1.94. The number of fused-ring (bicyclic) bond motifs is 1. The van der Waals surface area contributed by atoms with Gasteiger partial charge in [0.05, 0.1) is 5.56 Å². The molecule has 4 rings (SSSR count). The molecular weight excluding hydrogens is 402 g/mol. The summed E-state index contributed by atoms with van der Waals surface area (Å²) in [4.78, 5) is 0. The number of nitrogens with zero attached hydrogens (tertiary/aromatic N) is 1. The largest absolute Gasteiger partial charge is 0.206 e. The molecule has 0 N–H and O–H groups in total. The SMILES string of the molecule is CCCc1ccc(-c2cc(F)c(-c3ccc4c(F)c(C#N)c(F)cc4c3)c(F)c2)cc1. The third-order valence-corrected chi connectivity index (χ3v) is 5.30. The highest BCUT2D eigenvalue weighted by Crippen LogP contribution is 2.34. The van der Waals surface area contributed by atoms with Crippen LogP contribution in [0.2, 0.25) is 0 Å². The van der Waals surface area contributed by atoms with Crippen molar-refractivity contribution in [3.05, 3.63) is 95.1 Å². The molecule has 0 spiro atoms. The minimum atomic E-state index is -1.02. The maximum Gasteiger partial charge on any atom is 0.151 e. The number of benzene rings is 4. The van der Waals surface area contributed by atoms with Gasteiger partial charge in [-0.25, -0.2) is 17.6 Å². The summed E-state index contributed by atoms with van der Waals surface area (Å²) in [6.45, 7) is 2.08. The van der Waals surface area contributed by atoms with Crippen LogP contribution in [0, 0.1) is 34.6 Å². The van der Waals surface area contributed by atoms with E-state index in [1.807, 2.05) is 24.3 Å². The molecule has 4 aromatic rings. The van der Waals surface area contributed by atoms with Crippen LogP contribution in [0.15, 0.2) is 60.7 Å². The molecule has 0 aliphatic rings. The van der Waals surface area contributed by atoms with Crippen LogP contribution in [-0.4, -0.2) is 0 Å². The summed E-state index contributed by atoms with van der Waals surface area (Å²) in [5, 5.41) is 9.01. The molecule has 0 aliphatic carbocycles. The van der Waals surface area contributed by atoms with E-state index in [0.717, 1.165) is 24.5 Å². The summed E-state index contributed by atoms with van der Waals surface area (Å²) in [5.74, 6) is -3.57. The van der Waals surface area contributed by atoms with Crippen molar-refractivity contribution in [3.63, 3.8) is 0 Å². The Morgan fingerprint density at radius 3 is 2.00 bits per heavy atom. The Kier molecular flexibility index (Phi) is 5.48. The Balaban J connectivity index is 1.78. The predicted molar refractivity (Wildman–Crippen MR) is 113 cm³/mol. The number of hydrogen-bond acceptors (Lipinski definition) is 1. The van der Waals surface area contributed by atoms with Crippen molar-refractivity contribution in [2.24, 2.45) is 0 Å². The number of rotatable bonds is 4. The molecule has 0 unspecified atom stereocenters. The molecule has 0 amide bonds. The van der Waals surface area contributed by atoms with Crippen LogP contribution in [0.1, 0.15) is 24.5 Å². The van der Waals surface area contributed by atoms with Gasteiger partial charge in [0.1, 0.15) is 29.1 Å². The average Bonchev–Trinajstić information content (AvgIpc) is 2.74. The number of halogens is 4. The van der Waals surface area contributed by atoms with Gasteiger partial charge < -0.3 is 0 Å². The van der Waals surface area contributed by atoms with Gasteiger partial charge in [-0.3, -0.25) is 0 Å². The molecule has 0 saturated carbocycles. The van der Waals surface area contributed by atoms with E-state index in [-0.39, 0.29) is 21.9 Å². The molecule has 4 aromatic carbocycles. The summed E-state index contributed by atoms with van der Waals surface area (Å²) in [6, 6.07) is 16.4. The molecule has 31 heavy (non-hydrogen) atoms. The second-order valence-electron chi connectivity index (χ2n) is 7.36. The number of hydrogen-bond donors (Lipinski definition) is 0. The fraction of sp³-hybridized carbons (Fsp3) is 0.115. The van der Waals surface area contributed by atoms with Gasteiger partial charge in [-0.1, -0.05) is 49.7 Å². The van der Waals surface area contributed by atoms with E-state index in [1.165, 1.54) is 36.4 Å². The first-order valence-corrected chi connectivity index (χ1v) is 9.83. The van der Waals surface area contributed by atoms with Crippen LogP contribution < -0.4 is 0 Å². The van der Waals surface area contributed by atoms with Gasteiger partial charge in [0.15, 0.2) is 5.82 Å². The zero-order valence-electron chi connectivity index (χ0n) is 16.6. The van der Waals surface area contributed by atoms with Gasteiger partial charge in [-0.15, -0.1) is 0 Å². The van der Waals surface area contributed by atoms with Crippen LogP contribution in [-0.2, 0) is 6.42 Å². The second-order valence-corrected chi connectivity index (χ2v) is 7.36. The van der Waals surface area contributed by atoms with E-state index in [2.05, 4.69) is 6.92 Å². The minimum absolute atomic E-state index is 0.00584. The fourth-order valence-corrected chi connectivity index (χ4v) is 3.76. The van der Waals surface area contributed by atoms with E-state index in [1.54, 1.807) is 0 Å². The Bertz CT molecular complexity index is 1310. The first kappa shape index (κ1) is 20.6. The maximum atomic E-state index is 14.9. The molecule has 0 atom stereocenters. The number of aryl methyl sites for hydroxylation is 1. The first-order chi connectivity index (χ1) is 14.9. The van der Waals surface area contributed by atoms with Crippen LogP contribution in [0.4, 0.5) is 17.6 Å². The Labute approximate surface area is 177 Å². The van der Waals surface area contributed by atoms with Crippen LogP contribution in [0.25, 0.3) is 33.0 Å². The normalized spacial score (nSPS) is 11.0. The summed E-state index contributed by atoms with van der Waals surface area (Å²) in [7, 11) is 0. The molecule has 0 bridgehead atoms. The van der Waals surface area contributed by atoms with Crippen LogP contribution in [0.3, 0.4) is 0 Å². The number of nitriles is 1. The lowest BCUT2D eigenvalue weighted by Crippen LogP contribution is -1.95. The van der Waals surface area contributed by atoms with Crippen molar-refractivity contribution in [3.8, 4) is 28.3 Å². The second kappa shape index (κ2) is 8.23. The van der Waals surface area contributed by atoms with Crippen molar-refractivity contribution in [1.29, 1.82) is 5.26 Å². The Hall–Kier alpha value is -3.65. The zero-order chi connectivity index (χ0) is 22.1. The van der Waals surface area contributed by atoms with Gasteiger partial charge in [0.2, 0.25) is 0 Å². The molecule has 0 radical (unpaired) electrons. The Morgan fingerprint density at radius 1 is 0.742 bits per heavy atom. The topological polar surface area (TPSA) is 23.8 Å². The van der Waals surface area contributed by atoms with E-state index >= 15 is 0 Å². The summed E-state index contributed by atoms with van der Waals surface area (Å²) < 4.78 is 58.2. The molecule has 5 heteroatoms. The third-order valence-electron chi connectivity index (χ3n) is 5.30. The van der Waals surface area contributed by atoms with Crippen LogP contribution >= 0.6 is 0 Å². The van der Waals surface area contributed by atoms with E-state index in [0.29, 0.717) is 11.1 Å². The highest BCUT2D eigenvalue weighted by Gasteiger charge is 2.18. The molecule has 0 fully saturated rings. The van der Waals surface area contributed by atoms with Crippen molar-refractivity contribution < 1.29 is 17.6 Å². The molecule has 1 nitrogen and oxygen atoms in total. The third kappa shape index (κ3) is 3.77. The quantitative estimate of drug-likeness (QED) is 0.313. The lowest BCUT2D eigenvalue weighted by atomic mass is 9.95. The van der Waals surface area contributed by atoms with Crippen molar-refractivity contribution in [2.45, 2.75) is 19.8 Å². The van der Waals surface area contributed by atoms with Crippen molar-refractivity contribution in [1.82, 2.24) is 0 Å². The molecule has 0 aromatic heterocycles. The van der Waals surface area contributed by atoms with E-state index < -0.39 is 28.8 Å². The van der Waals surface area contributed by atoms with Gasteiger partial charge in [0.25, 0.3) is 0 Å². The van der Waals surface area contributed by atoms with Gasteiger partial charge in [0, 0.05) is 5.39 Å². The monoisotopic (exact) mass is 419 g/mol. The first-order valence-electron chi connectivity index (χ1n) is 9.83. The predicted octanol–water partition coefficient (Wildman–Crippen LogP) is 7.55. The smallest absolute Gasteiger partial charge is 0.151 e. The maximum absolute atomic E-state index is 14.9. The van der Waals surface area contributed by atoms with Crippen molar-refractivity contribution >= 4 is 10.8 Å². The van der Waals surface area contributed by atoms with Crippen molar-refractivity contribution in [2.75, 3.05) is 0 Å². The standard InChI is InChI=1S/C26H17F4N/c1-2-3-15-4-6-16(7-5-15)18-11-23(28)25(24(29)12-18)17-8-9-20-19(10-17)13-22(27)21(14-31)26(20)30/h4-13H,2-3H2,1H3. The highest BCUT2D eigenvalue weighted by atomic mass is 19.1.